The highest BCUT2D eigenvalue weighted by Crippen LogP contribution is 2.15. The fourth-order valence-electron chi connectivity index (χ4n) is 1.41. The van der Waals surface area contributed by atoms with Crippen molar-refractivity contribution in [2.24, 2.45) is 0 Å². The maximum Gasteiger partial charge on any atom is 0.488 e. The molecular weight excluding hydrogens is 189 g/mol. The second-order valence-corrected chi connectivity index (χ2v) is 3.24. The van der Waals surface area contributed by atoms with Crippen LogP contribution in [0, 0.1) is 0 Å². The molecule has 0 aliphatic carbocycles. The standard InChI is InChI=1S/C11H10BNO2/c14-12(15)11-5-1-3-9(7-11)10-4-2-6-13-8-10/h1-8,14-15H. The maximum atomic E-state index is 9.03. The zero-order valence-corrected chi connectivity index (χ0v) is 8.04. The lowest BCUT2D eigenvalue weighted by Crippen LogP contribution is -2.29. The second-order valence-electron chi connectivity index (χ2n) is 3.24. The molecule has 1 aromatic carbocycles. The molecule has 0 saturated heterocycles. The van der Waals surface area contributed by atoms with E-state index >= 15 is 0 Å². The van der Waals surface area contributed by atoms with E-state index in [-0.39, 0.29) is 0 Å². The molecule has 0 saturated carbocycles. The predicted octanol–water partition coefficient (Wildman–Crippen LogP) is 0.428. The third-order valence-corrected chi connectivity index (χ3v) is 2.18. The lowest BCUT2D eigenvalue weighted by atomic mass is 9.79. The van der Waals surface area contributed by atoms with Gasteiger partial charge in [-0.15, -0.1) is 0 Å². The Morgan fingerprint density at radius 3 is 2.47 bits per heavy atom. The van der Waals surface area contributed by atoms with E-state index in [9.17, 15) is 0 Å². The third kappa shape index (κ3) is 2.23. The Balaban J connectivity index is 2.42. The van der Waals surface area contributed by atoms with Gasteiger partial charge in [0.2, 0.25) is 0 Å². The van der Waals surface area contributed by atoms with Crippen molar-refractivity contribution < 1.29 is 10.0 Å². The topological polar surface area (TPSA) is 53.4 Å². The Bertz CT molecular complexity index is 445. The molecule has 0 amide bonds. The molecule has 2 N–H and O–H groups in total. The van der Waals surface area contributed by atoms with Gasteiger partial charge in [-0.25, -0.2) is 0 Å². The summed E-state index contributed by atoms with van der Waals surface area (Å²) in [6, 6.07) is 10.9. The summed E-state index contributed by atoms with van der Waals surface area (Å²) in [5.74, 6) is 0. The van der Waals surface area contributed by atoms with Gasteiger partial charge in [-0.05, 0) is 22.7 Å². The van der Waals surface area contributed by atoms with E-state index in [1.165, 1.54) is 0 Å². The quantitative estimate of drug-likeness (QED) is 0.689. The van der Waals surface area contributed by atoms with Crippen molar-refractivity contribution in [2.75, 3.05) is 0 Å². The lowest BCUT2D eigenvalue weighted by molar-refractivity contribution is 0.426. The van der Waals surface area contributed by atoms with E-state index < -0.39 is 7.12 Å². The van der Waals surface area contributed by atoms with Crippen molar-refractivity contribution in [1.29, 1.82) is 0 Å². The minimum atomic E-state index is -1.43. The number of rotatable bonds is 2. The van der Waals surface area contributed by atoms with Gasteiger partial charge < -0.3 is 10.0 Å². The SMILES string of the molecule is OB(O)c1cccc(-c2cccnc2)c1. The molecular formula is C11H10BNO2. The Labute approximate surface area is 88.2 Å². The molecule has 0 aliphatic rings. The second kappa shape index (κ2) is 4.25. The predicted molar refractivity (Wildman–Crippen MR) is 59.5 cm³/mol. The van der Waals surface area contributed by atoms with E-state index in [1.54, 1.807) is 30.6 Å². The van der Waals surface area contributed by atoms with Gasteiger partial charge in [0.1, 0.15) is 0 Å². The average Bonchev–Trinajstić information content (AvgIpc) is 2.30. The van der Waals surface area contributed by atoms with Crippen LogP contribution < -0.4 is 5.46 Å². The molecule has 0 unspecified atom stereocenters. The maximum absolute atomic E-state index is 9.03. The molecule has 0 atom stereocenters. The average molecular weight is 199 g/mol. The van der Waals surface area contributed by atoms with Crippen molar-refractivity contribution in [1.82, 2.24) is 4.98 Å². The summed E-state index contributed by atoms with van der Waals surface area (Å²) in [6.07, 6.45) is 3.44. The molecule has 0 spiro atoms. The Hall–Kier alpha value is -1.65. The normalized spacial score (nSPS) is 10.0. The van der Waals surface area contributed by atoms with Crippen molar-refractivity contribution in [3.63, 3.8) is 0 Å². The highest BCUT2D eigenvalue weighted by atomic mass is 16.4. The summed E-state index contributed by atoms with van der Waals surface area (Å²) in [5, 5.41) is 18.1. The van der Waals surface area contributed by atoms with Crippen LogP contribution in [0.2, 0.25) is 0 Å². The van der Waals surface area contributed by atoms with Crippen LogP contribution in [0.3, 0.4) is 0 Å². The molecule has 15 heavy (non-hydrogen) atoms. The van der Waals surface area contributed by atoms with Crippen LogP contribution in [0.1, 0.15) is 0 Å². The van der Waals surface area contributed by atoms with Crippen LogP contribution in [0.4, 0.5) is 0 Å². The van der Waals surface area contributed by atoms with Gasteiger partial charge in [0.05, 0.1) is 0 Å². The van der Waals surface area contributed by atoms with Crippen LogP contribution in [-0.4, -0.2) is 22.2 Å². The smallest absolute Gasteiger partial charge is 0.423 e. The van der Waals surface area contributed by atoms with Gasteiger partial charge in [-0.2, -0.15) is 0 Å². The zero-order chi connectivity index (χ0) is 10.7. The molecule has 74 valence electrons. The Morgan fingerprint density at radius 1 is 1.00 bits per heavy atom. The molecule has 1 aromatic heterocycles. The third-order valence-electron chi connectivity index (χ3n) is 2.18. The van der Waals surface area contributed by atoms with Crippen molar-refractivity contribution in [3.8, 4) is 11.1 Å². The van der Waals surface area contributed by atoms with E-state index in [4.69, 9.17) is 10.0 Å². The summed E-state index contributed by atoms with van der Waals surface area (Å²) in [4.78, 5) is 4.01. The van der Waals surface area contributed by atoms with E-state index in [1.807, 2.05) is 18.2 Å². The Kier molecular flexibility index (Phi) is 2.80. The molecule has 0 bridgehead atoms. The summed E-state index contributed by atoms with van der Waals surface area (Å²) < 4.78 is 0. The number of hydrogen-bond acceptors (Lipinski definition) is 3. The van der Waals surface area contributed by atoms with Gasteiger partial charge in [-0.1, -0.05) is 30.3 Å². The molecule has 0 radical (unpaired) electrons. The highest BCUT2D eigenvalue weighted by Gasteiger charge is 2.10. The fourth-order valence-corrected chi connectivity index (χ4v) is 1.41. The first-order valence-corrected chi connectivity index (χ1v) is 4.64. The van der Waals surface area contributed by atoms with Gasteiger partial charge in [0, 0.05) is 12.4 Å². The monoisotopic (exact) mass is 199 g/mol. The Morgan fingerprint density at radius 2 is 1.80 bits per heavy atom. The summed E-state index contributed by atoms with van der Waals surface area (Å²) in [6.45, 7) is 0. The van der Waals surface area contributed by atoms with Crippen LogP contribution in [-0.2, 0) is 0 Å². The minimum absolute atomic E-state index is 0.483. The first-order chi connectivity index (χ1) is 7.27. The highest BCUT2D eigenvalue weighted by molar-refractivity contribution is 6.58. The van der Waals surface area contributed by atoms with Crippen molar-refractivity contribution in [2.45, 2.75) is 0 Å². The van der Waals surface area contributed by atoms with Gasteiger partial charge >= 0.3 is 7.12 Å². The van der Waals surface area contributed by atoms with Crippen molar-refractivity contribution >= 4 is 12.6 Å². The number of benzene rings is 1. The van der Waals surface area contributed by atoms with Crippen molar-refractivity contribution in [3.05, 3.63) is 48.8 Å². The van der Waals surface area contributed by atoms with E-state index in [0.29, 0.717) is 5.46 Å². The first kappa shape index (κ1) is 9.89. The number of hydrogen-bond donors (Lipinski definition) is 2. The number of pyridine rings is 1. The minimum Gasteiger partial charge on any atom is -0.423 e. The number of aromatic nitrogens is 1. The molecule has 3 nitrogen and oxygen atoms in total. The summed E-state index contributed by atoms with van der Waals surface area (Å²) in [5.41, 5.74) is 2.37. The van der Waals surface area contributed by atoms with E-state index in [0.717, 1.165) is 11.1 Å². The van der Waals surface area contributed by atoms with Crippen LogP contribution >= 0.6 is 0 Å². The molecule has 1 heterocycles. The molecule has 2 rings (SSSR count). The fraction of sp³-hybridized carbons (Fsp3) is 0. The van der Waals surface area contributed by atoms with Crippen LogP contribution in [0.5, 0.6) is 0 Å². The molecule has 4 heteroatoms. The van der Waals surface area contributed by atoms with Gasteiger partial charge in [0.15, 0.2) is 0 Å². The number of nitrogens with zero attached hydrogens (tertiary/aromatic N) is 1. The van der Waals surface area contributed by atoms with E-state index in [2.05, 4.69) is 4.98 Å². The molecule has 2 aromatic rings. The first-order valence-electron chi connectivity index (χ1n) is 4.64. The summed E-state index contributed by atoms with van der Waals surface area (Å²) in [7, 11) is -1.43. The molecule has 0 aliphatic heterocycles. The zero-order valence-electron chi connectivity index (χ0n) is 8.04. The van der Waals surface area contributed by atoms with Gasteiger partial charge in [0.25, 0.3) is 0 Å². The largest absolute Gasteiger partial charge is 0.488 e. The lowest BCUT2D eigenvalue weighted by Gasteiger charge is -2.03. The molecule has 0 fully saturated rings. The van der Waals surface area contributed by atoms with Gasteiger partial charge in [-0.3, -0.25) is 4.98 Å². The summed E-state index contributed by atoms with van der Waals surface area (Å²) >= 11 is 0. The van der Waals surface area contributed by atoms with Crippen LogP contribution in [0.25, 0.3) is 11.1 Å². The van der Waals surface area contributed by atoms with Crippen LogP contribution in [0.15, 0.2) is 48.8 Å².